The fourth-order valence-corrected chi connectivity index (χ4v) is 4.80. The maximum Gasteiger partial charge on any atom is 0.471 e. The van der Waals surface area contributed by atoms with E-state index in [1.54, 1.807) is 0 Å². The minimum absolute atomic E-state index is 0.214. The molecule has 31 heavy (non-hydrogen) atoms. The van der Waals surface area contributed by atoms with Gasteiger partial charge in [0.05, 0.1) is 11.4 Å². The quantitative estimate of drug-likeness (QED) is 0.377. The van der Waals surface area contributed by atoms with Crippen LogP contribution in [-0.4, -0.2) is 63.3 Å². The van der Waals surface area contributed by atoms with Crippen molar-refractivity contribution in [3.05, 3.63) is 24.3 Å². The zero-order chi connectivity index (χ0) is 22.0. The van der Waals surface area contributed by atoms with E-state index in [9.17, 15) is 18.0 Å². The molecule has 0 radical (unpaired) electrons. The fraction of sp³-hybridized carbons (Fsp3) is 0.600. The van der Waals surface area contributed by atoms with Crippen LogP contribution in [0, 0.1) is 11.8 Å². The van der Waals surface area contributed by atoms with E-state index in [2.05, 4.69) is 30.3 Å². The summed E-state index contributed by atoms with van der Waals surface area (Å²) in [4.78, 5) is 25.0. The SMILES string of the molecule is NN=C(c1ncnc2[nH]ccc12)C1CCC(CN2CC[C@H](NC(=O)C(F)(F)F)C2)CC1. The number of nitrogens with one attached hydrogen (secondary N) is 2. The molecule has 3 heterocycles. The van der Waals surface area contributed by atoms with Crippen molar-refractivity contribution in [2.75, 3.05) is 19.6 Å². The number of halogens is 3. The van der Waals surface area contributed by atoms with Gasteiger partial charge in [-0.1, -0.05) is 0 Å². The molecular weight excluding hydrogens is 411 g/mol. The Bertz CT molecular complexity index is 950. The van der Waals surface area contributed by atoms with Crippen LogP contribution in [0.25, 0.3) is 11.0 Å². The van der Waals surface area contributed by atoms with Gasteiger partial charge in [0.2, 0.25) is 0 Å². The van der Waals surface area contributed by atoms with E-state index in [4.69, 9.17) is 5.84 Å². The Morgan fingerprint density at radius 3 is 2.74 bits per heavy atom. The normalized spacial score (nSPS) is 25.8. The van der Waals surface area contributed by atoms with Gasteiger partial charge in [0.25, 0.3) is 0 Å². The highest BCUT2D eigenvalue weighted by molar-refractivity contribution is 6.09. The first-order valence-corrected chi connectivity index (χ1v) is 10.5. The van der Waals surface area contributed by atoms with E-state index >= 15 is 0 Å². The van der Waals surface area contributed by atoms with Crippen molar-refractivity contribution in [3.8, 4) is 0 Å². The zero-order valence-corrected chi connectivity index (χ0v) is 17.0. The van der Waals surface area contributed by atoms with Crippen LogP contribution < -0.4 is 11.2 Å². The lowest BCUT2D eigenvalue weighted by Crippen LogP contribution is -2.44. The standard InChI is InChI=1S/C20H26F3N7O/c21-20(22,23)19(31)28-14-6-8-30(10-14)9-12-1-3-13(4-2-12)16(29-24)17-15-5-7-25-18(15)27-11-26-17/h5,7,11-14H,1-4,6,8-10,24H2,(H,28,31)(H,25,26,27)/t12?,13?,14-/m0/s1. The van der Waals surface area contributed by atoms with Gasteiger partial charge in [-0.15, -0.1) is 0 Å². The second kappa shape index (κ2) is 8.81. The molecule has 168 valence electrons. The first-order valence-electron chi connectivity index (χ1n) is 10.5. The average Bonchev–Trinajstić information content (AvgIpc) is 3.39. The number of hydrogen-bond donors (Lipinski definition) is 3. The molecule has 4 N–H and O–H groups in total. The molecule has 1 aliphatic heterocycles. The maximum absolute atomic E-state index is 12.4. The van der Waals surface area contributed by atoms with Crippen LogP contribution in [0.2, 0.25) is 0 Å². The number of carbonyl (C=O) groups is 1. The van der Waals surface area contributed by atoms with Gasteiger partial charge in [-0.3, -0.25) is 4.79 Å². The molecule has 2 fully saturated rings. The number of rotatable bonds is 5. The predicted octanol–water partition coefficient (Wildman–Crippen LogP) is 2.18. The van der Waals surface area contributed by atoms with Gasteiger partial charge >= 0.3 is 12.1 Å². The topological polar surface area (TPSA) is 112 Å². The van der Waals surface area contributed by atoms with E-state index < -0.39 is 18.1 Å². The molecule has 4 rings (SSSR count). The van der Waals surface area contributed by atoms with Crippen LogP contribution in [-0.2, 0) is 4.79 Å². The van der Waals surface area contributed by atoms with Gasteiger partial charge in [-0.2, -0.15) is 18.3 Å². The number of H-pyrrole nitrogens is 1. The molecule has 0 bridgehead atoms. The zero-order valence-electron chi connectivity index (χ0n) is 17.0. The van der Waals surface area contributed by atoms with Crippen LogP contribution >= 0.6 is 0 Å². The summed E-state index contributed by atoms with van der Waals surface area (Å²) < 4.78 is 37.3. The molecule has 0 unspecified atom stereocenters. The second-order valence-corrected chi connectivity index (χ2v) is 8.41. The average molecular weight is 437 g/mol. The number of hydrazone groups is 1. The van der Waals surface area contributed by atoms with Gasteiger partial charge in [-0.25, -0.2) is 9.97 Å². The lowest BCUT2D eigenvalue weighted by Gasteiger charge is -2.31. The van der Waals surface area contributed by atoms with Gasteiger partial charge in [0, 0.05) is 43.2 Å². The molecule has 2 aliphatic rings. The van der Waals surface area contributed by atoms with Crippen molar-refractivity contribution < 1.29 is 18.0 Å². The smallest absolute Gasteiger partial charge is 0.346 e. The van der Waals surface area contributed by atoms with E-state index in [1.165, 1.54) is 6.33 Å². The van der Waals surface area contributed by atoms with Crippen LogP contribution in [0.15, 0.2) is 23.7 Å². The van der Waals surface area contributed by atoms with Crippen molar-refractivity contribution in [3.63, 3.8) is 0 Å². The van der Waals surface area contributed by atoms with Gasteiger partial charge < -0.3 is 21.0 Å². The van der Waals surface area contributed by atoms with Crippen molar-refractivity contribution in [2.24, 2.45) is 22.8 Å². The molecule has 0 spiro atoms. The Morgan fingerprint density at radius 1 is 1.26 bits per heavy atom. The summed E-state index contributed by atoms with van der Waals surface area (Å²) in [5.41, 5.74) is 2.31. The highest BCUT2D eigenvalue weighted by atomic mass is 19.4. The highest BCUT2D eigenvalue weighted by Crippen LogP contribution is 2.33. The third kappa shape index (κ3) is 4.81. The van der Waals surface area contributed by atoms with Crippen molar-refractivity contribution >= 4 is 22.7 Å². The van der Waals surface area contributed by atoms with Crippen LogP contribution in [0.3, 0.4) is 0 Å². The van der Waals surface area contributed by atoms with Crippen molar-refractivity contribution in [1.29, 1.82) is 0 Å². The highest BCUT2D eigenvalue weighted by Gasteiger charge is 2.40. The molecule has 8 nitrogen and oxygen atoms in total. The lowest BCUT2D eigenvalue weighted by atomic mass is 9.78. The van der Waals surface area contributed by atoms with Gasteiger partial charge in [0.15, 0.2) is 0 Å². The first kappa shape index (κ1) is 21.5. The van der Waals surface area contributed by atoms with Crippen LogP contribution in [0.5, 0.6) is 0 Å². The lowest BCUT2D eigenvalue weighted by molar-refractivity contribution is -0.174. The number of carbonyl (C=O) groups excluding carboxylic acids is 1. The predicted molar refractivity (Wildman–Crippen MR) is 109 cm³/mol. The summed E-state index contributed by atoms with van der Waals surface area (Å²) in [5, 5.41) is 7.06. The van der Waals surface area contributed by atoms with Crippen LogP contribution in [0.4, 0.5) is 13.2 Å². The van der Waals surface area contributed by atoms with Gasteiger partial charge in [0.1, 0.15) is 12.0 Å². The summed E-state index contributed by atoms with van der Waals surface area (Å²) in [7, 11) is 0. The van der Waals surface area contributed by atoms with Crippen LogP contribution in [0.1, 0.15) is 37.8 Å². The molecule has 2 aromatic heterocycles. The summed E-state index contributed by atoms with van der Waals surface area (Å²) in [5.74, 6) is 4.57. The van der Waals surface area contributed by atoms with E-state index in [-0.39, 0.29) is 5.92 Å². The Balaban J connectivity index is 1.29. The number of nitrogens with two attached hydrogens (primary N) is 1. The molecule has 2 aromatic rings. The number of aromatic nitrogens is 3. The van der Waals surface area contributed by atoms with Crippen molar-refractivity contribution in [1.82, 2.24) is 25.2 Å². The Hall–Kier alpha value is -2.69. The number of aromatic amines is 1. The Kier molecular flexibility index (Phi) is 6.12. The molecule has 11 heteroatoms. The van der Waals surface area contributed by atoms with Gasteiger partial charge in [-0.05, 0) is 44.1 Å². The Morgan fingerprint density at radius 2 is 2.03 bits per heavy atom. The second-order valence-electron chi connectivity index (χ2n) is 8.41. The number of amides is 1. The summed E-state index contributed by atoms with van der Waals surface area (Å²) in [6.07, 6.45) is 2.87. The number of alkyl halides is 3. The minimum atomic E-state index is -4.83. The molecular formula is C20H26F3N7O. The third-order valence-corrected chi connectivity index (χ3v) is 6.35. The molecule has 1 aliphatic carbocycles. The summed E-state index contributed by atoms with van der Waals surface area (Å²) >= 11 is 0. The van der Waals surface area contributed by atoms with E-state index in [0.29, 0.717) is 25.4 Å². The number of fused-ring (bicyclic) bond motifs is 1. The number of nitrogens with zero attached hydrogens (tertiary/aromatic N) is 4. The number of likely N-dealkylation sites (tertiary alicyclic amines) is 1. The summed E-state index contributed by atoms with van der Waals surface area (Å²) in [6, 6.07) is 1.48. The maximum atomic E-state index is 12.4. The number of hydrogen-bond acceptors (Lipinski definition) is 6. The molecule has 1 saturated carbocycles. The Labute approximate surface area is 177 Å². The first-order chi connectivity index (χ1) is 14.8. The van der Waals surface area contributed by atoms with E-state index in [0.717, 1.165) is 54.7 Å². The van der Waals surface area contributed by atoms with E-state index in [1.807, 2.05) is 12.3 Å². The monoisotopic (exact) mass is 437 g/mol. The largest absolute Gasteiger partial charge is 0.471 e. The fourth-order valence-electron chi connectivity index (χ4n) is 4.80. The molecule has 1 amide bonds. The third-order valence-electron chi connectivity index (χ3n) is 6.35. The molecule has 0 aromatic carbocycles. The molecule has 1 saturated heterocycles. The minimum Gasteiger partial charge on any atom is -0.346 e. The molecule has 1 atom stereocenters. The summed E-state index contributed by atoms with van der Waals surface area (Å²) in [6.45, 7) is 1.99. The van der Waals surface area contributed by atoms with Crippen molar-refractivity contribution in [2.45, 2.75) is 44.3 Å².